The molecular formula is C9H18ClNO2S. The summed E-state index contributed by atoms with van der Waals surface area (Å²) in [6, 6.07) is 0. The Kier molecular flexibility index (Phi) is 4.22. The number of hydrogen-bond donors (Lipinski definition) is 0. The lowest BCUT2D eigenvalue weighted by Crippen LogP contribution is -2.44. The number of alkyl halides is 1. The molecule has 0 radical (unpaired) electrons. The van der Waals surface area contributed by atoms with Crippen molar-refractivity contribution >= 4 is 21.6 Å². The van der Waals surface area contributed by atoms with Crippen molar-refractivity contribution in [3.63, 3.8) is 0 Å². The van der Waals surface area contributed by atoms with Gasteiger partial charge in [-0.05, 0) is 18.8 Å². The molecule has 0 bridgehead atoms. The van der Waals surface area contributed by atoms with Crippen LogP contribution in [0.15, 0.2) is 0 Å². The van der Waals surface area contributed by atoms with Gasteiger partial charge >= 0.3 is 0 Å². The zero-order valence-corrected chi connectivity index (χ0v) is 10.3. The fourth-order valence-electron chi connectivity index (χ4n) is 1.63. The second-order valence-electron chi connectivity index (χ2n) is 3.96. The van der Waals surface area contributed by atoms with Crippen LogP contribution >= 0.6 is 11.6 Å². The molecular weight excluding hydrogens is 222 g/mol. The van der Waals surface area contributed by atoms with E-state index >= 15 is 0 Å². The molecule has 1 aliphatic rings. The monoisotopic (exact) mass is 239 g/mol. The summed E-state index contributed by atoms with van der Waals surface area (Å²) < 4.78 is 24.9. The van der Waals surface area contributed by atoms with Crippen molar-refractivity contribution < 1.29 is 8.42 Å². The molecule has 14 heavy (non-hydrogen) atoms. The average molecular weight is 240 g/mol. The third-order valence-corrected chi connectivity index (χ3v) is 5.30. The van der Waals surface area contributed by atoms with E-state index in [4.69, 9.17) is 11.6 Å². The number of piperidine rings is 1. The third kappa shape index (κ3) is 2.84. The molecule has 1 rings (SSSR count). The molecule has 0 aromatic carbocycles. The van der Waals surface area contributed by atoms with Crippen molar-refractivity contribution in [1.82, 2.24) is 4.31 Å². The van der Waals surface area contributed by atoms with Crippen LogP contribution in [0.1, 0.15) is 26.7 Å². The van der Waals surface area contributed by atoms with Crippen LogP contribution in [0.25, 0.3) is 0 Å². The summed E-state index contributed by atoms with van der Waals surface area (Å²) in [5, 5.41) is -0.0321. The van der Waals surface area contributed by atoms with Crippen molar-refractivity contribution in [2.24, 2.45) is 5.92 Å². The lowest BCUT2D eigenvalue weighted by Gasteiger charge is -2.32. The van der Waals surface area contributed by atoms with Crippen LogP contribution in [0, 0.1) is 5.92 Å². The molecule has 1 saturated heterocycles. The topological polar surface area (TPSA) is 37.4 Å². The fraction of sp³-hybridized carbons (Fsp3) is 1.00. The fourth-order valence-corrected chi connectivity index (χ4v) is 3.55. The minimum absolute atomic E-state index is 0.0321. The molecule has 0 amide bonds. The molecule has 0 saturated carbocycles. The van der Waals surface area contributed by atoms with Gasteiger partial charge in [-0.1, -0.05) is 13.8 Å². The molecule has 5 heteroatoms. The lowest BCUT2D eigenvalue weighted by atomic mass is 10.0. The van der Waals surface area contributed by atoms with Crippen LogP contribution in [-0.2, 0) is 10.0 Å². The van der Waals surface area contributed by atoms with E-state index in [1.807, 2.05) is 6.92 Å². The van der Waals surface area contributed by atoms with E-state index < -0.39 is 10.0 Å². The Morgan fingerprint density at radius 2 is 2.14 bits per heavy atom. The van der Waals surface area contributed by atoms with E-state index in [1.165, 1.54) is 4.31 Å². The lowest BCUT2D eigenvalue weighted by molar-refractivity contribution is 0.293. The Balaban J connectivity index is 2.63. The van der Waals surface area contributed by atoms with Crippen LogP contribution in [0.5, 0.6) is 0 Å². The predicted octanol–water partition coefficient (Wildman–Crippen LogP) is 1.68. The highest BCUT2D eigenvalue weighted by Gasteiger charge is 2.30. The van der Waals surface area contributed by atoms with Gasteiger partial charge in [0, 0.05) is 18.5 Å². The molecule has 0 spiro atoms. The van der Waals surface area contributed by atoms with Gasteiger partial charge in [-0.15, -0.1) is 11.6 Å². The van der Waals surface area contributed by atoms with Gasteiger partial charge in [0.1, 0.15) is 0 Å². The van der Waals surface area contributed by atoms with Crippen molar-refractivity contribution in [2.75, 3.05) is 18.8 Å². The molecule has 0 aromatic heterocycles. The highest BCUT2D eigenvalue weighted by Crippen LogP contribution is 2.23. The van der Waals surface area contributed by atoms with Gasteiger partial charge < -0.3 is 0 Å². The summed E-state index contributed by atoms with van der Waals surface area (Å²) in [7, 11) is -3.04. The maximum atomic E-state index is 11.7. The summed E-state index contributed by atoms with van der Waals surface area (Å²) in [6.07, 6.45) is 1.54. The Morgan fingerprint density at radius 3 is 2.64 bits per heavy atom. The van der Waals surface area contributed by atoms with E-state index in [0.29, 0.717) is 25.4 Å². The normalized spacial score (nSPS) is 30.5. The van der Waals surface area contributed by atoms with E-state index in [1.54, 1.807) is 0 Å². The number of rotatable bonds is 3. The maximum absolute atomic E-state index is 11.7. The second kappa shape index (κ2) is 4.81. The summed E-state index contributed by atoms with van der Waals surface area (Å²) in [5.74, 6) is 0.662. The molecule has 2 atom stereocenters. The van der Waals surface area contributed by atoms with Crippen molar-refractivity contribution in [3.8, 4) is 0 Å². The zero-order chi connectivity index (χ0) is 10.8. The third-order valence-electron chi connectivity index (χ3n) is 2.68. The number of sulfonamides is 1. The van der Waals surface area contributed by atoms with Gasteiger partial charge in [0.2, 0.25) is 10.0 Å². The SMILES string of the molecule is CCCS(=O)(=O)N1CCC(C)C(Cl)C1. The van der Waals surface area contributed by atoms with Crippen LogP contribution in [0.2, 0.25) is 0 Å². The molecule has 2 unspecified atom stereocenters. The van der Waals surface area contributed by atoms with Gasteiger partial charge in [-0.25, -0.2) is 12.7 Å². The Morgan fingerprint density at radius 1 is 1.50 bits per heavy atom. The molecule has 0 N–H and O–H groups in total. The number of hydrogen-bond acceptors (Lipinski definition) is 2. The van der Waals surface area contributed by atoms with E-state index in [0.717, 1.165) is 6.42 Å². The summed E-state index contributed by atoms with van der Waals surface area (Å²) in [6.45, 7) is 5.06. The zero-order valence-electron chi connectivity index (χ0n) is 8.74. The van der Waals surface area contributed by atoms with Crippen LogP contribution < -0.4 is 0 Å². The van der Waals surface area contributed by atoms with E-state index in [2.05, 4.69) is 6.92 Å². The van der Waals surface area contributed by atoms with E-state index in [-0.39, 0.29) is 11.1 Å². The van der Waals surface area contributed by atoms with Gasteiger partial charge in [0.25, 0.3) is 0 Å². The molecule has 84 valence electrons. The van der Waals surface area contributed by atoms with Gasteiger partial charge in [-0.2, -0.15) is 0 Å². The first-order valence-corrected chi connectivity index (χ1v) is 7.14. The minimum Gasteiger partial charge on any atom is -0.212 e. The molecule has 0 aliphatic carbocycles. The van der Waals surface area contributed by atoms with Crippen molar-refractivity contribution in [2.45, 2.75) is 32.1 Å². The van der Waals surface area contributed by atoms with Crippen LogP contribution in [-0.4, -0.2) is 36.9 Å². The second-order valence-corrected chi connectivity index (χ2v) is 6.61. The maximum Gasteiger partial charge on any atom is 0.214 e. The van der Waals surface area contributed by atoms with Crippen molar-refractivity contribution in [3.05, 3.63) is 0 Å². The Labute approximate surface area is 91.5 Å². The summed E-state index contributed by atoms with van der Waals surface area (Å²) in [4.78, 5) is 0. The summed E-state index contributed by atoms with van der Waals surface area (Å²) in [5.41, 5.74) is 0. The Bertz CT molecular complexity index is 279. The van der Waals surface area contributed by atoms with Gasteiger partial charge in [-0.3, -0.25) is 0 Å². The quantitative estimate of drug-likeness (QED) is 0.703. The first-order valence-electron chi connectivity index (χ1n) is 5.09. The molecule has 1 fully saturated rings. The predicted molar refractivity (Wildman–Crippen MR) is 59.1 cm³/mol. The number of halogens is 1. The van der Waals surface area contributed by atoms with E-state index in [9.17, 15) is 8.42 Å². The van der Waals surface area contributed by atoms with Crippen molar-refractivity contribution in [1.29, 1.82) is 0 Å². The molecule has 0 aromatic rings. The summed E-state index contributed by atoms with van der Waals surface area (Å²) >= 11 is 6.06. The smallest absolute Gasteiger partial charge is 0.212 e. The minimum atomic E-state index is -3.04. The van der Waals surface area contributed by atoms with Gasteiger partial charge in [0.05, 0.1) is 5.75 Å². The van der Waals surface area contributed by atoms with Crippen LogP contribution in [0.4, 0.5) is 0 Å². The largest absolute Gasteiger partial charge is 0.214 e. The highest BCUT2D eigenvalue weighted by molar-refractivity contribution is 7.89. The molecule has 1 aliphatic heterocycles. The average Bonchev–Trinajstić information content (AvgIpc) is 2.09. The van der Waals surface area contributed by atoms with Crippen LogP contribution in [0.3, 0.4) is 0 Å². The standard InChI is InChI=1S/C9H18ClNO2S/c1-3-6-14(12,13)11-5-4-8(2)9(10)7-11/h8-9H,3-7H2,1-2H3. The number of nitrogens with zero attached hydrogens (tertiary/aromatic N) is 1. The first-order chi connectivity index (χ1) is 6.47. The first kappa shape index (κ1) is 12.3. The Hall–Kier alpha value is 0.200. The van der Waals surface area contributed by atoms with Gasteiger partial charge in [0.15, 0.2) is 0 Å². The highest BCUT2D eigenvalue weighted by atomic mass is 35.5. The molecule has 1 heterocycles. The molecule has 3 nitrogen and oxygen atoms in total.